The van der Waals surface area contributed by atoms with Crippen molar-refractivity contribution >= 4 is 22.6 Å². The Bertz CT molecular complexity index is 804. The summed E-state index contributed by atoms with van der Waals surface area (Å²) >= 11 is 0. The Morgan fingerprint density at radius 2 is 2.07 bits per heavy atom. The molecule has 0 radical (unpaired) electrons. The number of para-hydroxylation sites is 1. The summed E-state index contributed by atoms with van der Waals surface area (Å²) in [5.74, 6) is -0.890. The zero-order valence-electron chi connectivity index (χ0n) is 17.2. The molecule has 2 aromatic rings. The van der Waals surface area contributed by atoms with Crippen LogP contribution in [0.4, 0.5) is 0 Å². The summed E-state index contributed by atoms with van der Waals surface area (Å²) < 4.78 is 21.6. The summed E-state index contributed by atoms with van der Waals surface area (Å²) in [5.41, 5.74) is 4.29. The highest BCUT2D eigenvalue weighted by molar-refractivity contribution is 5.81. The fourth-order valence-electron chi connectivity index (χ4n) is 3.22. The lowest BCUT2D eigenvalue weighted by Crippen LogP contribution is -2.48. The van der Waals surface area contributed by atoms with E-state index in [4.69, 9.17) is 23.5 Å². The zero-order valence-corrected chi connectivity index (χ0v) is 17.2. The molecule has 2 heterocycles. The third kappa shape index (κ3) is 5.38. The van der Waals surface area contributed by atoms with Crippen LogP contribution < -0.4 is 5.48 Å². The number of methoxy groups -OCH3 is 1. The van der Waals surface area contributed by atoms with Gasteiger partial charge in [0.25, 0.3) is 5.79 Å². The standard InChI is InChI=1S/C22H29NO6/c1-15(8-7-9-17-13-26-22(3,27-14-17)21(24)25-4)29-23-16(2)20-12-18-10-5-6-11-19(18)28-20/h5-6,10-12,15,17,23H,2,7-9,13-14H2,1,3-4H3. The molecule has 3 rings (SSSR count). The largest absolute Gasteiger partial charge is 0.465 e. The number of rotatable bonds is 9. The maximum absolute atomic E-state index is 11.7. The van der Waals surface area contributed by atoms with Crippen molar-refractivity contribution in [1.82, 2.24) is 5.48 Å². The minimum atomic E-state index is -1.29. The van der Waals surface area contributed by atoms with Crippen molar-refractivity contribution in [3.63, 3.8) is 0 Å². The Balaban J connectivity index is 1.35. The number of esters is 1. The van der Waals surface area contributed by atoms with Crippen molar-refractivity contribution in [2.75, 3.05) is 20.3 Å². The van der Waals surface area contributed by atoms with Gasteiger partial charge < -0.3 is 18.6 Å². The summed E-state index contributed by atoms with van der Waals surface area (Å²) in [7, 11) is 1.32. The van der Waals surface area contributed by atoms with Gasteiger partial charge in [-0.1, -0.05) is 31.2 Å². The highest BCUT2D eigenvalue weighted by atomic mass is 16.7. The quantitative estimate of drug-likeness (QED) is 0.500. The lowest BCUT2D eigenvalue weighted by molar-refractivity contribution is -0.272. The molecular weight excluding hydrogens is 374 g/mol. The molecule has 29 heavy (non-hydrogen) atoms. The molecular formula is C22H29NO6. The molecule has 1 aliphatic heterocycles. The molecule has 0 saturated carbocycles. The van der Waals surface area contributed by atoms with E-state index in [2.05, 4.69) is 12.1 Å². The average molecular weight is 403 g/mol. The van der Waals surface area contributed by atoms with Crippen LogP contribution in [0, 0.1) is 5.92 Å². The molecule has 1 aromatic heterocycles. The van der Waals surface area contributed by atoms with Crippen LogP contribution in [0.2, 0.25) is 0 Å². The molecule has 0 spiro atoms. The smallest absolute Gasteiger partial charge is 0.366 e. The Morgan fingerprint density at radius 1 is 1.34 bits per heavy atom. The second-order valence-corrected chi connectivity index (χ2v) is 7.51. The van der Waals surface area contributed by atoms with Crippen LogP contribution in [0.1, 0.15) is 38.9 Å². The van der Waals surface area contributed by atoms with Crippen LogP contribution >= 0.6 is 0 Å². The van der Waals surface area contributed by atoms with Gasteiger partial charge in [0.2, 0.25) is 0 Å². The minimum absolute atomic E-state index is 0.00175. The number of hydrogen-bond donors (Lipinski definition) is 1. The number of ether oxygens (including phenoxy) is 3. The molecule has 1 unspecified atom stereocenters. The highest BCUT2D eigenvalue weighted by Gasteiger charge is 2.41. The molecule has 1 aliphatic rings. The van der Waals surface area contributed by atoms with Crippen LogP contribution in [0.3, 0.4) is 0 Å². The molecule has 0 aliphatic carbocycles. The number of furan rings is 1. The summed E-state index contributed by atoms with van der Waals surface area (Å²) in [6.07, 6.45) is 2.74. The van der Waals surface area contributed by atoms with Crippen molar-refractivity contribution in [1.29, 1.82) is 0 Å². The fraction of sp³-hybridized carbons (Fsp3) is 0.500. The molecule has 1 aromatic carbocycles. The van der Waals surface area contributed by atoms with E-state index in [1.54, 1.807) is 6.92 Å². The normalized spacial score (nSPS) is 22.9. The summed E-state index contributed by atoms with van der Waals surface area (Å²) in [6.45, 7) is 8.52. The molecule has 1 saturated heterocycles. The van der Waals surface area contributed by atoms with Crippen LogP contribution in [0.15, 0.2) is 41.3 Å². The van der Waals surface area contributed by atoms with Crippen LogP contribution in [-0.2, 0) is 23.8 Å². The minimum Gasteiger partial charge on any atom is -0.465 e. The van der Waals surface area contributed by atoms with Gasteiger partial charge in [0.05, 0.1) is 32.1 Å². The second-order valence-electron chi connectivity index (χ2n) is 7.51. The van der Waals surface area contributed by atoms with Gasteiger partial charge in [-0.3, -0.25) is 10.3 Å². The third-order valence-corrected chi connectivity index (χ3v) is 5.07. The zero-order chi connectivity index (χ0) is 20.9. The first-order valence-electron chi connectivity index (χ1n) is 9.87. The Hall–Kier alpha value is -2.35. The number of nitrogens with one attached hydrogen (secondary N) is 1. The average Bonchev–Trinajstić information content (AvgIpc) is 3.17. The van der Waals surface area contributed by atoms with Gasteiger partial charge >= 0.3 is 5.97 Å². The Morgan fingerprint density at radius 3 is 2.76 bits per heavy atom. The first-order valence-corrected chi connectivity index (χ1v) is 9.87. The van der Waals surface area contributed by atoms with Crippen molar-refractivity contribution < 1.29 is 28.3 Å². The van der Waals surface area contributed by atoms with Gasteiger partial charge in [-0.25, -0.2) is 4.79 Å². The predicted molar refractivity (Wildman–Crippen MR) is 109 cm³/mol. The van der Waals surface area contributed by atoms with E-state index in [1.165, 1.54) is 7.11 Å². The van der Waals surface area contributed by atoms with Crippen molar-refractivity contribution in [3.05, 3.63) is 42.7 Å². The molecule has 158 valence electrons. The first-order chi connectivity index (χ1) is 13.9. The maximum Gasteiger partial charge on any atom is 0.366 e. The molecule has 1 fully saturated rings. The monoisotopic (exact) mass is 403 g/mol. The number of carbonyl (C=O) groups is 1. The molecule has 7 nitrogen and oxygen atoms in total. The number of benzene rings is 1. The van der Waals surface area contributed by atoms with E-state index in [9.17, 15) is 4.79 Å². The van der Waals surface area contributed by atoms with Crippen LogP contribution in [0.5, 0.6) is 0 Å². The van der Waals surface area contributed by atoms with Gasteiger partial charge in [-0.15, -0.1) is 0 Å². The van der Waals surface area contributed by atoms with E-state index < -0.39 is 11.8 Å². The maximum atomic E-state index is 11.7. The number of carbonyl (C=O) groups excluding carboxylic acids is 1. The molecule has 1 atom stereocenters. The molecule has 1 N–H and O–H groups in total. The van der Waals surface area contributed by atoms with E-state index in [0.717, 1.165) is 30.2 Å². The summed E-state index contributed by atoms with van der Waals surface area (Å²) in [6, 6.07) is 9.74. The molecule has 7 heteroatoms. The van der Waals surface area contributed by atoms with Crippen molar-refractivity contribution in [2.24, 2.45) is 5.92 Å². The topological polar surface area (TPSA) is 79.2 Å². The second kappa shape index (κ2) is 9.43. The first kappa shape index (κ1) is 21.4. The number of hydrogen-bond acceptors (Lipinski definition) is 7. The van der Waals surface area contributed by atoms with E-state index >= 15 is 0 Å². The predicted octanol–water partition coefficient (Wildman–Crippen LogP) is 4.04. The number of fused-ring (bicyclic) bond motifs is 1. The lowest BCUT2D eigenvalue weighted by Gasteiger charge is -2.35. The summed E-state index contributed by atoms with van der Waals surface area (Å²) in [5, 5.41) is 1.03. The van der Waals surface area contributed by atoms with Crippen molar-refractivity contribution in [2.45, 2.75) is 45.0 Å². The van der Waals surface area contributed by atoms with E-state index in [0.29, 0.717) is 24.7 Å². The third-order valence-electron chi connectivity index (χ3n) is 5.07. The van der Waals surface area contributed by atoms with Crippen LogP contribution in [-0.4, -0.2) is 38.2 Å². The molecule has 0 amide bonds. The Kier molecular flexibility index (Phi) is 6.95. The highest BCUT2D eigenvalue weighted by Crippen LogP contribution is 2.26. The van der Waals surface area contributed by atoms with Gasteiger partial charge in [0, 0.05) is 18.2 Å². The number of hydroxylamine groups is 1. The fourth-order valence-corrected chi connectivity index (χ4v) is 3.22. The van der Waals surface area contributed by atoms with Gasteiger partial charge in [0.15, 0.2) is 5.76 Å². The van der Waals surface area contributed by atoms with Gasteiger partial charge in [0.1, 0.15) is 5.58 Å². The SMILES string of the molecule is C=C(NOC(C)CCCC1COC(C)(C(=O)OC)OC1)c1cc2ccccc2o1. The lowest BCUT2D eigenvalue weighted by atomic mass is 10.0. The van der Waals surface area contributed by atoms with Crippen molar-refractivity contribution in [3.8, 4) is 0 Å². The Labute approximate surface area is 170 Å². The van der Waals surface area contributed by atoms with Crippen LogP contribution in [0.25, 0.3) is 16.7 Å². The van der Waals surface area contributed by atoms with Gasteiger partial charge in [-0.05, 0) is 31.9 Å². The van der Waals surface area contributed by atoms with Gasteiger partial charge in [-0.2, -0.15) is 0 Å². The van der Waals surface area contributed by atoms with E-state index in [-0.39, 0.29) is 12.0 Å². The van der Waals surface area contributed by atoms with E-state index in [1.807, 2.05) is 37.3 Å². The molecule has 0 bridgehead atoms. The summed E-state index contributed by atoms with van der Waals surface area (Å²) in [4.78, 5) is 17.4.